The van der Waals surface area contributed by atoms with E-state index in [1.165, 1.54) is 0 Å². The molecule has 1 saturated heterocycles. The third-order valence-corrected chi connectivity index (χ3v) is 5.53. The number of imidazole rings is 1. The number of ether oxygens (including phenoxy) is 1. The number of amides is 1. The molecule has 5 rings (SSSR count). The van der Waals surface area contributed by atoms with Gasteiger partial charge in [-0.25, -0.2) is 4.98 Å². The van der Waals surface area contributed by atoms with Gasteiger partial charge in [-0.2, -0.15) is 4.98 Å². The van der Waals surface area contributed by atoms with Crippen LogP contribution in [0.15, 0.2) is 10.7 Å². The maximum absolute atomic E-state index is 13.2. The molecule has 8 heteroatoms. The SMILES string of the molecule is C[C@H]1OCCN(C(=O)c2cn3c(n2)CCCC3)[C@@H]1c1nc(C2CC2)no1. The number of carbonyl (C=O) groups is 1. The van der Waals surface area contributed by atoms with Crippen LogP contribution in [0, 0.1) is 0 Å². The van der Waals surface area contributed by atoms with E-state index in [4.69, 9.17) is 9.26 Å². The van der Waals surface area contributed by atoms with E-state index in [-0.39, 0.29) is 18.1 Å². The molecule has 2 aromatic rings. The van der Waals surface area contributed by atoms with Crippen LogP contribution in [0.1, 0.15) is 72.6 Å². The molecule has 1 saturated carbocycles. The van der Waals surface area contributed by atoms with E-state index >= 15 is 0 Å². The molecule has 0 unspecified atom stereocenters. The van der Waals surface area contributed by atoms with Crippen molar-refractivity contribution in [2.45, 2.75) is 63.6 Å². The predicted octanol–water partition coefficient (Wildman–Crippen LogP) is 2.08. The standard InChI is InChI=1S/C18H23N5O3/c1-11-15(17-20-16(21-26-17)12-5-6-12)23(8-9-25-11)18(24)13-10-22-7-3-2-4-14(22)19-13/h10-12,15H,2-9H2,1H3/t11-,15+/m1/s1. The highest BCUT2D eigenvalue weighted by molar-refractivity contribution is 5.92. The zero-order valence-corrected chi connectivity index (χ0v) is 14.9. The molecule has 0 bridgehead atoms. The number of hydrogen-bond acceptors (Lipinski definition) is 6. The highest BCUT2D eigenvalue weighted by Crippen LogP contribution is 2.39. The van der Waals surface area contributed by atoms with Crippen LogP contribution in [0.25, 0.3) is 0 Å². The molecule has 26 heavy (non-hydrogen) atoms. The summed E-state index contributed by atoms with van der Waals surface area (Å²) in [5, 5.41) is 4.11. The smallest absolute Gasteiger partial charge is 0.274 e. The van der Waals surface area contributed by atoms with Crippen LogP contribution in [0.4, 0.5) is 0 Å². The molecule has 2 fully saturated rings. The number of morpholine rings is 1. The van der Waals surface area contributed by atoms with Crippen molar-refractivity contribution in [1.29, 1.82) is 0 Å². The molecule has 0 aromatic carbocycles. The number of carbonyl (C=O) groups excluding carboxylic acids is 1. The van der Waals surface area contributed by atoms with Gasteiger partial charge < -0.3 is 18.7 Å². The number of hydrogen-bond donors (Lipinski definition) is 0. The van der Waals surface area contributed by atoms with E-state index in [9.17, 15) is 4.79 Å². The lowest BCUT2D eigenvalue weighted by Gasteiger charge is -2.37. The summed E-state index contributed by atoms with van der Waals surface area (Å²) < 4.78 is 13.4. The van der Waals surface area contributed by atoms with Gasteiger partial charge in [0.05, 0.1) is 12.7 Å². The maximum Gasteiger partial charge on any atom is 0.274 e. The van der Waals surface area contributed by atoms with Gasteiger partial charge in [-0.05, 0) is 32.6 Å². The molecule has 8 nitrogen and oxygen atoms in total. The Hall–Kier alpha value is -2.22. The minimum atomic E-state index is -0.366. The third-order valence-electron chi connectivity index (χ3n) is 5.53. The fourth-order valence-corrected chi connectivity index (χ4v) is 3.92. The largest absolute Gasteiger partial charge is 0.374 e. The van der Waals surface area contributed by atoms with Gasteiger partial charge in [-0.15, -0.1) is 0 Å². The molecule has 0 N–H and O–H groups in total. The maximum atomic E-state index is 13.2. The molecule has 3 aliphatic rings. The van der Waals surface area contributed by atoms with E-state index in [1.807, 2.05) is 13.1 Å². The van der Waals surface area contributed by atoms with Crippen LogP contribution in [0.3, 0.4) is 0 Å². The van der Waals surface area contributed by atoms with Crippen molar-refractivity contribution in [1.82, 2.24) is 24.6 Å². The number of rotatable bonds is 3. The van der Waals surface area contributed by atoms with E-state index in [1.54, 1.807) is 4.90 Å². The first-order valence-corrected chi connectivity index (χ1v) is 9.53. The van der Waals surface area contributed by atoms with Gasteiger partial charge >= 0.3 is 0 Å². The summed E-state index contributed by atoms with van der Waals surface area (Å²) in [7, 11) is 0. The summed E-state index contributed by atoms with van der Waals surface area (Å²) in [6, 6.07) is -0.366. The Bertz CT molecular complexity index is 801. The van der Waals surface area contributed by atoms with Crippen molar-refractivity contribution in [2.75, 3.05) is 13.2 Å². The average Bonchev–Trinajstić information content (AvgIpc) is 3.23. The molecule has 0 radical (unpaired) electrons. The minimum Gasteiger partial charge on any atom is -0.374 e. The average molecular weight is 357 g/mol. The van der Waals surface area contributed by atoms with Crippen molar-refractivity contribution >= 4 is 5.91 Å². The van der Waals surface area contributed by atoms with Crippen molar-refractivity contribution in [3.8, 4) is 0 Å². The fourth-order valence-electron chi connectivity index (χ4n) is 3.92. The topological polar surface area (TPSA) is 86.3 Å². The van der Waals surface area contributed by atoms with Gasteiger partial charge in [0.2, 0.25) is 0 Å². The number of aromatic nitrogens is 4. The Balaban J connectivity index is 1.44. The highest BCUT2D eigenvalue weighted by atomic mass is 16.5. The molecule has 2 atom stereocenters. The van der Waals surface area contributed by atoms with Crippen molar-refractivity contribution in [2.24, 2.45) is 0 Å². The van der Waals surface area contributed by atoms with Crippen LogP contribution in [0.5, 0.6) is 0 Å². The lowest BCUT2D eigenvalue weighted by molar-refractivity contribution is -0.0602. The van der Waals surface area contributed by atoms with E-state index in [0.717, 1.165) is 50.3 Å². The molecule has 138 valence electrons. The normalized spacial score (nSPS) is 26.0. The Morgan fingerprint density at radius 2 is 2.12 bits per heavy atom. The Morgan fingerprint density at radius 1 is 1.23 bits per heavy atom. The van der Waals surface area contributed by atoms with Crippen molar-refractivity contribution < 1.29 is 14.1 Å². The molecular formula is C18H23N5O3. The highest BCUT2D eigenvalue weighted by Gasteiger charge is 2.40. The Kier molecular flexibility index (Phi) is 3.81. The molecule has 4 heterocycles. The summed E-state index contributed by atoms with van der Waals surface area (Å²) in [6.07, 6.45) is 7.12. The summed E-state index contributed by atoms with van der Waals surface area (Å²) in [5.74, 6) is 2.56. The second kappa shape index (κ2) is 6.19. The fraction of sp³-hybridized carbons (Fsp3) is 0.667. The second-order valence-corrected chi connectivity index (χ2v) is 7.48. The number of nitrogens with zero attached hydrogens (tertiary/aromatic N) is 5. The number of fused-ring (bicyclic) bond motifs is 1. The zero-order chi connectivity index (χ0) is 17.7. The van der Waals surface area contributed by atoms with E-state index in [0.29, 0.717) is 30.7 Å². The van der Waals surface area contributed by atoms with Crippen LogP contribution in [0.2, 0.25) is 0 Å². The Morgan fingerprint density at radius 3 is 2.92 bits per heavy atom. The molecule has 1 amide bonds. The van der Waals surface area contributed by atoms with Crippen LogP contribution in [-0.2, 0) is 17.7 Å². The first-order valence-electron chi connectivity index (χ1n) is 9.53. The molecule has 1 aliphatic carbocycles. The first-order chi connectivity index (χ1) is 12.7. The number of aryl methyl sites for hydroxylation is 2. The van der Waals surface area contributed by atoms with E-state index in [2.05, 4.69) is 19.7 Å². The summed E-state index contributed by atoms with van der Waals surface area (Å²) in [5.41, 5.74) is 0.503. The van der Waals surface area contributed by atoms with Crippen LogP contribution >= 0.6 is 0 Å². The van der Waals surface area contributed by atoms with Gasteiger partial charge in [-0.3, -0.25) is 4.79 Å². The van der Waals surface area contributed by atoms with Crippen molar-refractivity contribution in [3.63, 3.8) is 0 Å². The summed E-state index contributed by atoms with van der Waals surface area (Å²) in [4.78, 5) is 24.1. The lowest BCUT2D eigenvalue weighted by Crippen LogP contribution is -2.47. The van der Waals surface area contributed by atoms with Gasteiger partial charge in [0, 0.05) is 31.6 Å². The third kappa shape index (κ3) is 2.72. The molecular weight excluding hydrogens is 334 g/mol. The second-order valence-electron chi connectivity index (χ2n) is 7.48. The van der Waals surface area contributed by atoms with Crippen LogP contribution in [-0.4, -0.2) is 49.8 Å². The minimum absolute atomic E-state index is 0.0850. The zero-order valence-electron chi connectivity index (χ0n) is 14.9. The molecule has 0 spiro atoms. The molecule has 2 aromatic heterocycles. The van der Waals surface area contributed by atoms with Gasteiger partial charge in [0.1, 0.15) is 17.6 Å². The predicted molar refractivity (Wildman–Crippen MR) is 90.6 cm³/mol. The monoisotopic (exact) mass is 357 g/mol. The lowest BCUT2D eigenvalue weighted by atomic mass is 10.1. The van der Waals surface area contributed by atoms with Gasteiger partial charge in [0.25, 0.3) is 11.8 Å². The van der Waals surface area contributed by atoms with Crippen LogP contribution < -0.4 is 0 Å². The summed E-state index contributed by atoms with van der Waals surface area (Å²) in [6.45, 7) is 3.88. The summed E-state index contributed by atoms with van der Waals surface area (Å²) >= 11 is 0. The van der Waals surface area contributed by atoms with Gasteiger partial charge in [0.15, 0.2) is 5.82 Å². The first kappa shape index (κ1) is 16.0. The quantitative estimate of drug-likeness (QED) is 0.836. The molecule has 2 aliphatic heterocycles. The van der Waals surface area contributed by atoms with Crippen molar-refractivity contribution in [3.05, 3.63) is 29.4 Å². The Labute approximate surface area is 151 Å². The van der Waals surface area contributed by atoms with Gasteiger partial charge in [-0.1, -0.05) is 5.16 Å². The van der Waals surface area contributed by atoms with E-state index < -0.39 is 0 Å².